The smallest absolute Gasteiger partial charge is 0.246 e. The minimum Gasteiger partial charge on any atom is -0.343 e. The molecule has 0 saturated carbocycles. The summed E-state index contributed by atoms with van der Waals surface area (Å²) >= 11 is 0. The first-order valence-electron chi connectivity index (χ1n) is 11.2. The van der Waals surface area contributed by atoms with E-state index in [-0.39, 0.29) is 36.1 Å². The number of carbonyl (C=O) groups excluding carboxylic acids is 4. The highest BCUT2D eigenvalue weighted by molar-refractivity contribution is 5.98. The summed E-state index contributed by atoms with van der Waals surface area (Å²) in [6.45, 7) is 3.49. The highest BCUT2D eigenvalue weighted by atomic mass is 16.2. The van der Waals surface area contributed by atoms with Crippen LogP contribution in [-0.2, 0) is 19.2 Å². The van der Waals surface area contributed by atoms with Crippen LogP contribution in [0, 0.1) is 5.92 Å². The van der Waals surface area contributed by atoms with Gasteiger partial charge in [0.05, 0.1) is 5.92 Å². The van der Waals surface area contributed by atoms with Crippen LogP contribution in [0.4, 0.5) is 5.69 Å². The molecule has 8 nitrogen and oxygen atoms in total. The Bertz CT molecular complexity index is 843. The van der Waals surface area contributed by atoms with E-state index < -0.39 is 0 Å². The largest absolute Gasteiger partial charge is 0.343 e. The zero-order chi connectivity index (χ0) is 21.8. The van der Waals surface area contributed by atoms with E-state index in [9.17, 15) is 19.2 Å². The summed E-state index contributed by atoms with van der Waals surface area (Å²) in [6.07, 6.45) is 3.15. The van der Waals surface area contributed by atoms with E-state index in [1.165, 1.54) is 0 Å². The number of piperidine rings is 1. The van der Waals surface area contributed by atoms with E-state index in [1.807, 2.05) is 35.2 Å². The zero-order valence-electron chi connectivity index (χ0n) is 17.9. The van der Waals surface area contributed by atoms with Crippen molar-refractivity contribution in [3.8, 4) is 0 Å². The number of anilines is 1. The molecule has 0 aliphatic carbocycles. The number of benzene rings is 1. The number of para-hydroxylation sites is 1. The summed E-state index contributed by atoms with van der Waals surface area (Å²) in [6, 6.07) is 9.50. The Morgan fingerprint density at radius 1 is 0.871 bits per heavy atom. The van der Waals surface area contributed by atoms with Gasteiger partial charge in [0, 0.05) is 57.8 Å². The van der Waals surface area contributed by atoms with Crippen molar-refractivity contribution in [3.63, 3.8) is 0 Å². The van der Waals surface area contributed by atoms with Gasteiger partial charge in [-0.15, -0.1) is 0 Å². The van der Waals surface area contributed by atoms with Gasteiger partial charge in [0.2, 0.25) is 23.6 Å². The van der Waals surface area contributed by atoms with Crippen molar-refractivity contribution in [1.29, 1.82) is 0 Å². The Labute approximate surface area is 182 Å². The molecule has 1 unspecified atom stereocenters. The summed E-state index contributed by atoms with van der Waals surface area (Å²) in [5, 5.41) is 0. The Kier molecular flexibility index (Phi) is 6.53. The van der Waals surface area contributed by atoms with Crippen molar-refractivity contribution >= 4 is 29.3 Å². The molecular weight excluding hydrogens is 396 g/mol. The lowest BCUT2D eigenvalue weighted by molar-refractivity contribution is -0.145. The van der Waals surface area contributed by atoms with Gasteiger partial charge in [-0.1, -0.05) is 18.2 Å². The Balaban J connectivity index is 1.28. The van der Waals surface area contributed by atoms with E-state index in [1.54, 1.807) is 14.7 Å². The van der Waals surface area contributed by atoms with Crippen LogP contribution in [0.25, 0.3) is 0 Å². The van der Waals surface area contributed by atoms with Gasteiger partial charge < -0.3 is 19.6 Å². The summed E-state index contributed by atoms with van der Waals surface area (Å²) in [4.78, 5) is 56.8. The normalized spacial score (nSPS) is 22.5. The fourth-order valence-electron chi connectivity index (χ4n) is 4.73. The number of rotatable bonds is 6. The van der Waals surface area contributed by atoms with E-state index in [0.717, 1.165) is 25.1 Å². The molecule has 0 bridgehead atoms. The predicted octanol–water partition coefficient (Wildman–Crippen LogP) is 1.11. The van der Waals surface area contributed by atoms with Crippen molar-refractivity contribution < 1.29 is 19.2 Å². The second-order valence-electron chi connectivity index (χ2n) is 8.55. The van der Waals surface area contributed by atoms with Gasteiger partial charge in [-0.3, -0.25) is 19.2 Å². The molecule has 3 aliphatic rings. The van der Waals surface area contributed by atoms with Crippen LogP contribution in [0.1, 0.15) is 32.1 Å². The van der Waals surface area contributed by atoms with Gasteiger partial charge in [-0.05, 0) is 31.4 Å². The number of amides is 4. The molecule has 3 heterocycles. The number of carbonyl (C=O) groups is 4. The third kappa shape index (κ3) is 4.89. The van der Waals surface area contributed by atoms with Crippen molar-refractivity contribution in [1.82, 2.24) is 14.7 Å². The molecule has 1 aromatic rings. The van der Waals surface area contributed by atoms with Gasteiger partial charge in [-0.2, -0.15) is 0 Å². The average Bonchev–Trinajstić information content (AvgIpc) is 3.19. The number of hydrogen-bond donors (Lipinski definition) is 0. The highest BCUT2D eigenvalue weighted by Crippen LogP contribution is 2.23. The number of hydrogen-bond acceptors (Lipinski definition) is 4. The van der Waals surface area contributed by atoms with Crippen molar-refractivity contribution in [3.05, 3.63) is 30.3 Å². The second-order valence-corrected chi connectivity index (χ2v) is 8.55. The minimum atomic E-state index is -0.262. The monoisotopic (exact) mass is 426 g/mol. The lowest BCUT2D eigenvalue weighted by Gasteiger charge is -2.38. The molecule has 0 aromatic heterocycles. The van der Waals surface area contributed by atoms with Crippen molar-refractivity contribution in [2.75, 3.05) is 50.7 Å². The first-order chi connectivity index (χ1) is 15.0. The van der Waals surface area contributed by atoms with Crippen LogP contribution in [0.15, 0.2) is 30.3 Å². The first kappa shape index (κ1) is 21.3. The number of piperazine rings is 1. The van der Waals surface area contributed by atoms with Crippen LogP contribution in [0.2, 0.25) is 0 Å². The quantitative estimate of drug-likeness (QED) is 0.683. The maximum absolute atomic E-state index is 13.1. The minimum absolute atomic E-state index is 0.0340. The predicted molar refractivity (Wildman–Crippen MR) is 115 cm³/mol. The van der Waals surface area contributed by atoms with Crippen LogP contribution in [0.5, 0.6) is 0 Å². The van der Waals surface area contributed by atoms with Gasteiger partial charge >= 0.3 is 0 Å². The van der Waals surface area contributed by atoms with Crippen molar-refractivity contribution in [2.45, 2.75) is 32.1 Å². The molecule has 4 amide bonds. The van der Waals surface area contributed by atoms with E-state index in [4.69, 9.17) is 0 Å². The van der Waals surface area contributed by atoms with Gasteiger partial charge in [-0.25, -0.2) is 0 Å². The summed E-state index contributed by atoms with van der Waals surface area (Å²) in [5.41, 5.74) is 0.852. The molecule has 0 N–H and O–H groups in total. The maximum Gasteiger partial charge on any atom is 0.246 e. The molecule has 4 rings (SSSR count). The maximum atomic E-state index is 13.1. The third-order valence-corrected chi connectivity index (χ3v) is 6.48. The lowest BCUT2D eigenvalue weighted by atomic mass is 9.95. The number of likely N-dealkylation sites (tertiary alicyclic amines) is 2. The molecule has 3 fully saturated rings. The van der Waals surface area contributed by atoms with E-state index in [0.29, 0.717) is 52.0 Å². The molecule has 31 heavy (non-hydrogen) atoms. The van der Waals surface area contributed by atoms with E-state index >= 15 is 0 Å². The summed E-state index contributed by atoms with van der Waals surface area (Å²) in [7, 11) is 0. The van der Waals surface area contributed by atoms with Gasteiger partial charge in [0.1, 0.15) is 6.54 Å². The number of nitrogens with zero attached hydrogens (tertiary/aromatic N) is 4. The fraction of sp³-hybridized carbons (Fsp3) is 0.565. The van der Waals surface area contributed by atoms with Crippen LogP contribution >= 0.6 is 0 Å². The third-order valence-electron chi connectivity index (χ3n) is 6.48. The molecule has 0 spiro atoms. The van der Waals surface area contributed by atoms with Crippen molar-refractivity contribution in [2.24, 2.45) is 5.92 Å². The molecule has 3 saturated heterocycles. The Morgan fingerprint density at radius 3 is 2.32 bits per heavy atom. The molecule has 3 aliphatic heterocycles. The lowest BCUT2D eigenvalue weighted by Crippen LogP contribution is -2.55. The van der Waals surface area contributed by atoms with Crippen LogP contribution in [-0.4, -0.2) is 84.1 Å². The zero-order valence-corrected chi connectivity index (χ0v) is 17.9. The highest BCUT2D eigenvalue weighted by Gasteiger charge is 2.36. The second kappa shape index (κ2) is 9.49. The fourth-order valence-corrected chi connectivity index (χ4v) is 4.73. The Morgan fingerprint density at radius 2 is 1.61 bits per heavy atom. The molecule has 166 valence electrons. The van der Waals surface area contributed by atoms with Crippen LogP contribution in [0.3, 0.4) is 0 Å². The van der Waals surface area contributed by atoms with Gasteiger partial charge in [0.15, 0.2) is 0 Å². The topological polar surface area (TPSA) is 81.2 Å². The first-order valence-corrected chi connectivity index (χ1v) is 11.2. The molecular formula is C23H30N4O4. The van der Waals surface area contributed by atoms with E-state index in [2.05, 4.69) is 0 Å². The molecule has 1 atom stereocenters. The standard InChI is InChI=1S/C23H30N4O4/c28-20-8-4-11-24(20)12-5-13-25-16-18(9-10-21(25)29)23(31)26-14-15-27(22(30)17-26)19-6-2-1-3-7-19/h1-3,6-7,18H,4-5,8-17H2. The van der Waals surface area contributed by atoms with Crippen LogP contribution < -0.4 is 4.90 Å². The molecule has 8 heteroatoms. The van der Waals surface area contributed by atoms with Gasteiger partial charge in [0.25, 0.3) is 0 Å². The Hall–Kier alpha value is -2.90. The molecule has 1 aromatic carbocycles. The summed E-state index contributed by atoms with van der Waals surface area (Å²) < 4.78 is 0. The molecule has 0 radical (unpaired) electrons. The SMILES string of the molecule is O=C1CCCN1CCCN1CC(C(=O)N2CCN(c3ccccc3)C(=O)C2)CCC1=O. The average molecular weight is 427 g/mol. The summed E-state index contributed by atoms with van der Waals surface area (Å²) in [5.74, 6) is -0.112.